The minimum atomic E-state index is -0.715. The highest BCUT2D eigenvalue weighted by Crippen LogP contribution is 2.28. The van der Waals surface area contributed by atoms with Crippen molar-refractivity contribution < 1.29 is 23.8 Å². The number of hydroxylamine groups is 3. The van der Waals surface area contributed by atoms with E-state index in [0.717, 1.165) is 21.8 Å². The Balaban J connectivity index is 1.42. The van der Waals surface area contributed by atoms with E-state index in [1.165, 1.54) is 26.4 Å². The van der Waals surface area contributed by atoms with Gasteiger partial charge in [0.1, 0.15) is 35.5 Å². The molecule has 0 saturated carbocycles. The number of rotatable bonds is 16. The average Bonchev–Trinajstić information content (AvgIpc) is 3.49. The predicted octanol–water partition coefficient (Wildman–Crippen LogP) is 5.39. The quantitative estimate of drug-likeness (QED) is 0.0487. The van der Waals surface area contributed by atoms with Crippen molar-refractivity contribution in [2.45, 2.75) is 26.7 Å². The van der Waals surface area contributed by atoms with Crippen LogP contribution in [-0.4, -0.2) is 89.3 Å². The lowest BCUT2D eigenvalue weighted by Gasteiger charge is -2.37. The minimum absolute atomic E-state index is 0.141. The van der Waals surface area contributed by atoms with Crippen molar-refractivity contribution in [2.75, 3.05) is 62.8 Å². The van der Waals surface area contributed by atoms with Crippen LogP contribution in [0.15, 0.2) is 41.1 Å². The van der Waals surface area contributed by atoms with E-state index in [2.05, 4.69) is 58.1 Å². The van der Waals surface area contributed by atoms with Gasteiger partial charge in [-0.25, -0.2) is 19.7 Å². The van der Waals surface area contributed by atoms with Crippen molar-refractivity contribution in [2.24, 2.45) is 0 Å². The van der Waals surface area contributed by atoms with Gasteiger partial charge in [-0.2, -0.15) is 0 Å². The summed E-state index contributed by atoms with van der Waals surface area (Å²) in [5.41, 5.74) is 1.39. The zero-order valence-corrected chi connectivity index (χ0v) is 30.1. The fourth-order valence-corrected chi connectivity index (χ4v) is 5.33. The van der Waals surface area contributed by atoms with Crippen LogP contribution in [0.3, 0.4) is 0 Å². The van der Waals surface area contributed by atoms with E-state index in [1.54, 1.807) is 19.1 Å². The molecule has 0 fully saturated rings. The molecule has 1 atom stereocenters. The molecule has 2 aromatic heterocycles. The third-order valence-electron chi connectivity index (χ3n) is 6.53. The van der Waals surface area contributed by atoms with E-state index in [-0.39, 0.29) is 38.1 Å². The number of likely N-dealkylation sites (N-methyl/N-ethyl adjacent to an activating group) is 1. The number of anilines is 4. The number of carbonyl (C=O) groups excluding carboxylic acids is 3. The van der Waals surface area contributed by atoms with Gasteiger partial charge in [0.05, 0.1) is 30.5 Å². The molecule has 0 aliphatic rings. The lowest BCUT2D eigenvalue weighted by atomic mass is 10.2. The maximum absolute atomic E-state index is 12.8. The molecule has 3 rings (SSSR count). The second-order valence-corrected chi connectivity index (χ2v) is 12.8. The molecule has 256 valence electrons. The van der Waals surface area contributed by atoms with Crippen LogP contribution in [0, 0.1) is 31.4 Å². The van der Waals surface area contributed by atoms with Crippen molar-refractivity contribution in [3.63, 3.8) is 0 Å². The van der Waals surface area contributed by atoms with Gasteiger partial charge < -0.3 is 40.8 Å². The summed E-state index contributed by atoms with van der Waals surface area (Å²) in [4.78, 5) is 51.9. The molecule has 0 spiro atoms. The first-order valence-electron chi connectivity index (χ1n) is 14.7. The van der Waals surface area contributed by atoms with Gasteiger partial charge in [0.2, 0.25) is 5.91 Å². The van der Waals surface area contributed by atoms with Gasteiger partial charge in [0.25, 0.3) is 5.91 Å². The summed E-state index contributed by atoms with van der Waals surface area (Å²) < 4.78 is 4.77. The van der Waals surface area contributed by atoms with Crippen LogP contribution >= 0.6 is 38.9 Å². The summed E-state index contributed by atoms with van der Waals surface area (Å²) >= 11 is 10.6. The van der Waals surface area contributed by atoms with Gasteiger partial charge in [-0.1, -0.05) is 35.1 Å². The number of ether oxygens (including phenoxy) is 1. The number of halogens is 2. The molecule has 14 nitrogen and oxygen atoms in total. The first-order valence-corrected chi connectivity index (χ1v) is 16.7. The van der Waals surface area contributed by atoms with Crippen LogP contribution in [0.1, 0.15) is 33.9 Å². The first-order chi connectivity index (χ1) is 22.8. The van der Waals surface area contributed by atoms with E-state index in [1.807, 2.05) is 19.1 Å². The van der Waals surface area contributed by atoms with Crippen LogP contribution < -0.4 is 21.3 Å². The van der Waals surface area contributed by atoms with Crippen molar-refractivity contribution in [1.82, 2.24) is 25.2 Å². The fraction of sp³-hybridized carbons (Fsp3) is 0.355. The fourth-order valence-electron chi connectivity index (χ4n) is 4.04. The summed E-state index contributed by atoms with van der Waals surface area (Å²) in [5, 5.41) is 25.2. The molecule has 17 heteroatoms. The summed E-state index contributed by atoms with van der Waals surface area (Å²) in [5.74, 6) is 3.22. The second kappa shape index (κ2) is 18.3. The zero-order chi connectivity index (χ0) is 35.3. The van der Waals surface area contributed by atoms with Gasteiger partial charge in [0, 0.05) is 61.1 Å². The standard InChI is InChI=1S/C31H37BrClN9O5S/c1-6-7-8-15-42(5,46)24(32)12-16-47-31(45)41(4)19-27(43)35-14-13-34-25-17-26(38-21(3)37-25)39-30-36-18-23(48-30)29(44)40-28-20(2)10-9-11-22(28)33/h1,9-12,17-18H,7-8,13-16,19H2,2-5H3,(H,35,43)(H,40,44)(H2,34,36,37,38,39). The van der Waals surface area contributed by atoms with Crippen LogP contribution in [0.5, 0.6) is 0 Å². The summed E-state index contributed by atoms with van der Waals surface area (Å²) in [7, 11) is 2.90. The molecule has 0 saturated heterocycles. The third-order valence-corrected chi connectivity index (χ3v) is 8.83. The van der Waals surface area contributed by atoms with Gasteiger partial charge in [-0.15, -0.1) is 12.3 Å². The Kier molecular flexibility index (Phi) is 14.6. The van der Waals surface area contributed by atoms with E-state index in [9.17, 15) is 19.6 Å². The largest absolute Gasteiger partial charge is 0.627 e. The second-order valence-electron chi connectivity index (χ2n) is 10.6. The number of terminal acetylenes is 1. The number of thiazole rings is 1. The van der Waals surface area contributed by atoms with Crippen LogP contribution in [0.25, 0.3) is 0 Å². The number of hydrogen-bond donors (Lipinski definition) is 4. The van der Waals surface area contributed by atoms with E-state index >= 15 is 0 Å². The topological polar surface area (TPSA) is 174 Å². The molecular formula is C31H37BrClN9O5S. The summed E-state index contributed by atoms with van der Waals surface area (Å²) in [6.45, 7) is 4.09. The number of aryl methyl sites for hydroxylation is 2. The smallest absolute Gasteiger partial charge is 0.410 e. The van der Waals surface area contributed by atoms with E-state index in [4.69, 9.17) is 22.8 Å². The molecule has 2 heterocycles. The van der Waals surface area contributed by atoms with E-state index < -0.39 is 10.7 Å². The molecule has 4 N–H and O–H groups in total. The maximum atomic E-state index is 12.8. The highest BCUT2D eigenvalue weighted by molar-refractivity contribution is 9.11. The number of amides is 3. The Bertz CT molecular complexity index is 1660. The SMILES string of the molecule is C#CCCC[N+](C)([O-])C(Br)=CCOC(=O)N(C)CC(=O)NCCNc1cc(Nc2ncc(C(=O)Nc3c(C)cccc3Cl)s2)nc(C)n1. The minimum Gasteiger partial charge on any atom is -0.627 e. The normalized spacial score (nSPS) is 12.3. The number of benzene rings is 1. The van der Waals surface area contributed by atoms with Crippen LogP contribution in [0.2, 0.25) is 5.02 Å². The number of para-hydroxylation sites is 1. The molecule has 0 aliphatic carbocycles. The average molecular weight is 763 g/mol. The van der Waals surface area contributed by atoms with E-state index in [0.29, 0.717) is 62.2 Å². The number of nitrogens with one attached hydrogen (secondary N) is 4. The van der Waals surface area contributed by atoms with Gasteiger partial charge >= 0.3 is 6.09 Å². The van der Waals surface area contributed by atoms with Crippen LogP contribution in [0.4, 0.5) is 27.2 Å². The zero-order valence-electron chi connectivity index (χ0n) is 26.9. The molecule has 0 bridgehead atoms. The lowest BCUT2D eigenvalue weighted by Crippen LogP contribution is -2.40. The third kappa shape index (κ3) is 12.1. The Hall–Kier alpha value is -4.27. The molecule has 3 aromatic rings. The highest BCUT2D eigenvalue weighted by Gasteiger charge is 2.18. The monoisotopic (exact) mass is 761 g/mol. The molecule has 1 unspecified atom stereocenters. The molecule has 3 amide bonds. The van der Waals surface area contributed by atoms with Crippen molar-refractivity contribution in [3.05, 3.63) is 67.6 Å². The molecule has 1 aromatic carbocycles. The molecule has 0 aliphatic heterocycles. The number of quaternary nitrogens is 1. The number of carbonyl (C=O) groups is 3. The number of aromatic nitrogens is 3. The molecular weight excluding hydrogens is 726 g/mol. The lowest BCUT2D eigenvalue weighted by molar-refractivity contribution is -0.812. The molecule has 0 radical (unpaired) electrons. The van der Waals surface area contributed by atoms with Gasteiger partial charge in [0.15, 0.2) is 9.74 Å². The number of hydrogen-bond acceptors (Lipinski definition) is 11. The maximum Gasteiger partial charge on any atom is 0.410 e. The van der Waals surface area contributed by atoms with Gasteiger partial charge in [-0.3, -0.25) is 9.59 Å². The number of nitrogens with zero attached hydrogens (tertiary/aromatic N) is 5. The molecule has 48 heavy (non-hydrogen) atoms. The summed E-state index contributed by atoms with van der Waals surface area (Å²) in [6, 6.07) is 7.04. The van der Waals surface area contributed by atoms with Crippen molar-refractivity contribution in [1.29, 1.82) is 0 Å². The van der Waals surface area contributed by atoms with Gasteiger partial charge in [-0.05, 0) is 25.5 Å². The Labute approximate surface area is 296 Å². The first kappa shape index (κ1) is 38.2. The van der Waals surface area contributed by atoms with Crippen molar-refractivity contribution >= 4 is 79.2 Å². The predicted molar refractivity (Wildman–Crippen MR) is 191 cm³/mol. The highest BCUT2D eigenvalue weighted by atomic mass is 79.9. The Morgan fingerprint density at radius 3 is 2.71 bits per heavy atom. The summed E-state index contributed by atoms with van der Waals surface area (Å²) in [6.07, 6.45) is 8.50. The van der Waals surface area contributed by atoms with Crippen LogP contribution in [-0.2, 0) is 9.53 Å². The Morgan fingerprint density at radius 1 is 1.23 bits per heavy atom. The number of unbranched alkanes of at least 4 members (excludes halogenated alkanes) is 1. The van der Waals surface area contributed by atoms with Crippen molar-refractivity contribution in [3.8, 4) is 12.3 Å². The Morgan fingerprint density at radius 2 is 1.98 bits per heavy atom.